The van der Waals surface area contributed by atoms with E-state index < -0.39 is 0 Å². The van der Waals surface area contributed by atoms with E-state index in [0.717, 1.165) is 13.0 Å². The third-order valence-electron chi connectivity index (χ3n) is 4.20. The number of aliphatic hydroxyl groups is 1. The molecule has 1 heterocycles. The lowest BCUT2D eigenvalue weighted by atomic mass is 10.2. The van der Waals surface area contributed by atoms with Gasteiger partial charge in [0.1, 0.15) is 0 Å². The number of nitrogens with one attached hydrogen (secondary N) is 1. The van der Waals surface area contributed by atoms with Crippen molar-refractivity contribution in [1.29, 1.82) is 0 Å². The number of piperazine rings is 1. The van der Waals surface area contributed by atoms with Crippen molar-refractivity contribution >= 4 is 0 Å². The van der Waals surface area contributed by atoms with Crippen molar-refractivity contribution in [3.05, 3.63) is 0 Å². The summed E-state index contributed by atoms with van der Waals surface area (Å²) in [5.41, 5.74) is 0. The van der Waals surface area contributed by atoms with Crippen LogP contribution >= 0.6 is 0 Å². The lowest BCUT2D eigenvalue weighted by molar-refractivity contribution is 0.102. The third kappa shape index (κ3) is 4.50. The Morgan fingerprint density at radius 3 is 2.33 bits per heavy atom. The topological polar surface area (TPSA) is 38.7 Å². The average Bonchev–Trinajstić information content (AvgIpc) is 3.18. The van der Waals surface area contributed by atoms with Gasteiger partial charge in [-0.25, -0.2) is 0 Å². The molecule has 0 radical (unpaired) electrons. The van der Waals surface area contributed by atoms with Crippen molar-refractivity contribution in [1.82, 2.24) is 15.1 Å². The van der Waals surface area contributed by atoms with Crippen molar-refractivity contribution < 1.29 is 5.11 Å². The van der Waals surface area contributed by atoms with E-state index in [1.165, 1.54) is 39.0 Å². The lowest BCUT2D eigenvalue weighted by Crippen LogP contribution is -2.49. The molecule has 4 nitrogen and oxygen atoms in total. The van der Waals surface area contributed by atoms with Crippen molar-refractivity contribution in [3.8, 4) is 0 Å². The van der Waals surface area contributed by atoms with Gasteiger partial charge in [0.05, 0.1) is 6.61 Å². The zero-order valence-electron chi connectivity index (χ0n) is 11.9. The molecule has 0 bridgehead atoms. The van der Waals surface area contributed by atoms with Crippen LogP contribution in [0.3, 0.4) is 0 Å². The second-order valence-electron chi connectivity index (χ2n) is 6.08. The summed E-state index contributed by atoms with van der Waals surface area (Å²) in [7, 11) is 0. The summed E-state index contributed by atoms with van der Waals surface area (Å²) in [6.07, 6.45) is 3.67. The van der Waals surface area contributed by atoms with Gasteiger partial charge in [0.25, 0.3) is 0 Å². The molecule has 18 heavy (non-hydrogen) atoms. The predicted octanol–water partition coefficient (Wildman–Crippen LogP) is 0.515. The van der Waals surface area contributed by atoms with E-state index >= 15 is 0 Å². The van der Waals surface area contributed by atoms with Gasteiger partial charge in [0, 0.05) is 44.3 Å². The molecule has 4 heteroatoms. The van der Waals surface area contributed by atoms with Crippen molar-refractivity contribution in [3.63, 3.8) is 0 Å². The molecule has 0 spiro atoms. The highest BCUT2D eigenvalue weighted by Gasteiger charge is 2.25. The van der Waals surface area contributed by atoms with Gasteiger partial charge in [0.2, 0.25) is 0 Å². The molecule has 0 amide bonds. The van der Waals surface area contributed by atoms with Crippen LogP contribution in [-0.4, -0.2) is 72.4 Å². The van der Waals surface area contributed by atoms with Crippen LogP contribution in [0, 0.1) is 0 Å². The highest BCUT2D eigenvalue weighted by molar-refractivity contribution is 4.85. The quantitative estimate of drug-likeness (QED) is 0.695. The zero-order chi connectivity index (χ0) is 13.0. The molecule has 2 N–H and O–H groups in total. The smallest absolute Gasteiger partial charge is 0.0585 e. The number of hydrogen-bond donors (Lipinski definition) is 2. The van der Waals surface area contributed by atoms with Gasteiger partial charge >= 0.3 is 0 Å². The van der Waals surface area contributed by atoms with Crippen LogP contribution in [0.1, 0.15) is 33.1 Å². The second kappa shape index (κ2) is 6.85. The second-order valence-corrected chi connectivity index (χ2v) is 6.08. The number of hydrogen-bond acceptors (Lipinski definition) is 4. The molecule has 1 aliphatic carbocycles. The Hall–Kier alpha value is -0.160. The standard InChI is InChI=1S/C14H29N3O/c1-12(2)17-9-7-16(8-10-17)6-5-14(11-18)15-13-3-4-13/h12-15,18H,3-11H2,1-2H3. The van der Waals surface area contributed by atoms with Crippen LogP contribution in [0.25, 0.3) is 0 Å². The summed E-state index contributed by atoms with van der Waals surface area (Å²) in [4.78, 5) is 5.08. The van der Waals surface area contributed by atoms with Crippen LogP contribution in [0.5, 0.6) is 0 Å². The van der Waals surface area contributed by atoms with Gasteiger partial charge in [-0.2, -0.15) is 0 Å². The van der Waals surface area contributed by atoms with Crippen molar-refractivity contribution in [2.45, 2.75) is 51.2 Å². The zero-order valence-corrected chi connectivity index (χ0v) is 11.9. The largest absolute Gasteiger partial charge is 0.395 e. The SMILES string of the molecule is CC(C)N1CCN(CCC(CO)NC2CC2)CC1. The summed E-state index contributed by atoms with van der Waals surface area (Å²) in [6.45, 7) is 10.7. The summed E-state index contributed by atoms with van der Waals surface area (Å²) in [6, 6.07) is 1.68. The third-order valence-corrected chi connectivity index (χ3v) is 4.20. The minimum Gasteiger partial charge on any atom is -0.395 e. The fraction of sp³-hybridized carbons (Fsp3) is 1.00. The fourth-order valence-electron chi connectivity index (χ4n) is 2.65. The first-order chi connectivity index (χ1) is 8.69. The molecule has 1 aliphatic heterocycles. The van der Waals surface area contributed by atoms with Crippen LogP contribution in [0.2, 0.25) is 0 Å². The molecule has 0 aromatic carbocycles. The van der Waals surface area contributed by atoms with Gasteiger partial charge in [-0.05, 0) is 39.7 Å². The number of rotatable bonds is 7. The van der Waals surface area contributed by atoms with Gasteiger partial charge in [-0.15, -0.1) is 0 Å². The van der Waals surface area contributed by atoms with E-state index in [2.05, 4.69) is 29.0 Å². The monoisotopic (exact) mass is 255 g/mol. The van der Waals surface area contributed by atoms with E-state index in [0.29, 0.717) is 18.1 Å². The van der Waals surface area contributed by atoms with Crippen molar-refractivity contribution in [2.75, 3.05) is 39.3 Å². The number of nitrogens with zero attached hydrogens (tertiary/aromatic N) is 2. The highest BCUT2D eigenvalue weighted by atomic mass is 16.3. The maximum atomic E-state index is 9.36. The Balaban J connectivity index is 1.61. The Labute approximate surface area is 111 Å². The highest BCUT2D eigenvalue weighted by Crippen LogP contribution is 2.20. The Bertz CT molecular complexity index is 235. The van der Waals surface area contributed by atoms with Gasteiger partial charge < -0.3 is 15.3 Å². The molecule has 1 saturated carbocycles. The first kappa shape index (κ1) is 14.3. The molecule has 0 aromatic rings. The Morgan fingerprint density at radius 2 is 1.83 bits per heavy atom. The molecule has 1 unspecified atom stereocenters. The first-order valence-electron chi connectivity index (χ1n) is 7.52. The molecule has 1 atom stereocenters. The van der Waals surface area contributed by atoms with E-state index in [1.54, 1.807) is 0 Å². The first-order valence-corrected chi connectivity index (χ1v) is 7.52. The van der Waals surface area contributed by atoms with Gasteiger partial charge in [-0.1, -0.05) is 0 Å². The minimum absolute atomic E-state index is 0.280. The van der Waals surface area contributed by atoms with Gasteiger partial charge in [-0.3, -0.25) is 4.90 Å². The van der Waals surface area contributed by atoms with Crippen LogP contribution in [0.15, 0.2) is 0 Å². The van der Waals surface area contributed by atoms with Crippen LogP contribution in [0.4, 0.5) is 0 Å². The Kier molecular flexibility index (Phi) is 5.42. The molecule has 106 valence electrons. The molecular weight excluding hydrogens is 226 g/mol. The summed E-state index contributed by atoms with van der Waals surface area (Å²) in [5, 5.41) is 12.9. The molecule has 2 aliphatic rings. The molecule has 2 rings (SSSR count). The maximum Gasteiger partial charge on any atom is 0.0585 e. The summed E-state index contributed by atoms with van der Waals surface area (Å²) in [5.74, 6) is 0. The van der Waals surface area contributed by atoms with Crippen molar-refractivity contribution in [2.24, 2.45) is 0 Å². The van der Waals surface area contributed by atoms with E-state index in [4.69, 9.17) is 0 Å². The van der Waals surface area contributed by atoms with Crippen LogP contribution < -0.4 is 5.32 Å². The van der Waals surface area contributed by atoms with E-state index in [9.17, 15) is 5.11 Å². The predicted molar refractivity (Wildman–Crippen MR) is 74.8 cm³/mol. The van der Waals surface area contributed by atoms with Crippen LogP contribution in [-0.2, 0) is 0 Å². The molecule has 2 fully saturated rings. The van der Waals surface area contributed by atoms with Gasteiger partial charge in [0.15, 0.2) is 0 Å². The fourth-order valence-corrected chi connectivity index (χ4v) is 2.65. The maximum absolute atomic E-state index is 9.36. The number of aliphatic hydroxyl groups excluding tert-OH is 1. The molecule has 1 saturated heterocycles. The average molecular weight is 255 g/mol. The van der Waals surface area contributed by atoms with E-state index in [-0.39, 0.29) is 6.61 Å². The Morgan fingerprint density at radius 1 is 1.17 bits per heavy atom. The lowest BCUT2D eigenvalue weighted by Gasteiger charge is -2.37. The molecular formula is C14H29N3O. The minimum atomic E-state index is 0.280. The summed E-state index contributed by atoms with van der Waals surface area (Å²) < 4.78 is 0. The van der Waals surface area contributed by atoms with E-state index in [1.807, 2.05) is 0 Å². The summed E-state index contributed by atoms with van der Waals surface area (Å²) >= 11 is 0. The molecule has 0 aromatic heterocycles. The normalized spacial score (nSPS) is 24.7.